The van der Waals surface area contributed by atoms with Gasteiger partial charge in [0.25, 0.3) is 0 Å². The van der Waals surface area contributed by atoms with E-state index in [-0.39, 0.29) is 12.5 Å². The second-order valence-electron chi connectivity index (χ2n) is 2.22. The molecule has 0 bridgehead atoms. The minimum atomic E-state index is -0.439. The van der Waals surface area contributed by atoms with E-state index < -0.39 is 5.82 Å². The van der Waals surface area contributed by atoms with E-state index >= 15 is 0 Å². The number of hydrogen-bond donors (Lipinski definition) is 0. The largest absolute Gasteiger partial charge is 0.463 e. The van der Waals surface area contributed by atoms with E-state index in [4.69, 9.17) is 16.3 Å². The predicted molar refractivity (Wildman–Crippen MR) is 56.6 cm³/mol. The van der Waals surface area contributed by atoms with E-state index in [1.54, 1.807) is 0 Å². The van der Waals surface area contributed by atoms with Gasteiger partial charge >= 0.3 is 0 Å². The average Bonchev–Trinajstić information content (AvgIpc) is 2.12. The van der Waals surface area contributed by atoms with E-state index in [1.165, 1.54) is 19.2 Å². The molecule has 0 N–H and O–H groups in total. The molecule has 13 heavy (non-hydrogen) atoms. The van der Waals surface area contributed by atoms with Gasteiger partial charge in [0.2, 0.25) is 0 Å². The quantitative estimate of drug-likeness (QED) is 0.485. The van der Waals surface area contributed by atoms with E-state index in [9.17, 15) is 4.39 Å². The van der Waals surface area contributed by atoms with Crippen LogP contribution in [0, 0.1) is 9.39 Å². The van der Waals surface area contributed by atoms with Crippen LogP contribution in [0.2, 0.25) is 5.02 Å². The molecule has 0 amide bonds. The molecule has 0 unspecified atom stereocenters. The van der Waals surface area contributed by atoms with Crippen LogP contribution >= 0.6 is 34.2 Å². The summed E-state index contributed by atoms with van der Waals surface area (Å²) < 4.78 is 23.3. The molecule has 0 aliphatic carbocycles. The van der Waals surface area contributed by atoms with E-state index in [0.717, 1.165) is 0 Å². The molecule has 0 radical (unpaired) electrons. The van der Waals surface area contributed by atoms with Crippen LogP contribution in [0.3, 0.4) is 0 Å². The highest BCUT2D eigenvalue weighted by atomic mass is 127. The Morgan fingerprint density at radius 3 is 2.85 bits per heavy atom. The first kappa shape index (κ1) is 11.0. The van der Waals surface area contributed by atoms with Gasteiger partial charge in [0.15, 0.2) is 18.4 Å². The van der Waals surface area contributed by atoms with Crippen LogP contribution in [-0.4, -0.2) is 13.9 Å². The summed E-state index contributed by atoms with van der Waals surface area (Å²) in [6.07, 6.45) is 0. The first-order valence-corrected chi connectivity index (χ1v) is 4.87. The van der Waals surface area contributed by atoms with Gasteiger partial charge in [0.1, 0.15) is 0 Å². The van der Waals surface area contributed by atoms with Gasteiger partial charge in [-0.15, -0.1) is 0 Å². The zero-order chi connectivity index (χ0) is 9.84. The standard InChI is InChI=1S/C8H7ClFIO2/c1-12-4-13-8-6(10)3-2-5(9)7(8)11/h2-3H,4H2,1H3. The summed E-state index contributed by atoms with van der Waals surface area (Å²) in [5, 5.41) is 0.466. The molecule has 0 aromatic heterocycles. The Labute approximate surface area is 94.1 Å². The van der Waals surface area contributed by atoms with Gasteiger partial charge in [-0.1, -0.05) is 11.6 Å². The molecule has 0 aliphatic heterocycles. The summed E-state index contributed by atoms with van der Waals surface area (Å²) in [5.41, 5.74) is 0. The van der Waals surface area contributed by atoms with Crippen LogP contribution in [0.15, 0.2) is 12.1 Å². The molecule has 1 rings (SSSR count). The minimum Gasteiger partial charge on any atom is -0.463 e. The van der Waals surface area contributed by atoms with Crippen molar-refractivity contribution in [2.45, 2.75) is 0 Å². The summed E-state index contributed by atoms with van der Waals surface area (Å²) in [4.78, 5) is 0. The third-order valence-corrected chi connectivity index (χ3v) is 3.03. The highest BCUT2D eigenvalue weighted by Gasteiger charge is 2.11. The molecular formula is C8H7ClFIO2. The van der Waals surface area contributed by atoms with Crippen LogP contribution in [0.25, 0.3) is 0 Å². The highest BCUT2D eigenvalue weighted by Crippen LogP contribution is 2.30. The van der Waals surface area contributed by atoms with Crippen LogP contribution in [0.5, 0.6) is 5.75 Å². The molecule has 5 heteroatoms. The molecule has 1 aromatic rings. The van der Waals surface area contributed by atoms with Crippen molar-refractivity contribution < 1.29 is 13.9 Å². The van der Waals surface area contributed by atoms with Gasteiger partial charge in [-0.2, -0.15) is 0 Å². The molecule has 0 aliphatic rings. The molecule has 0 atom stereocenters. The predicted octanol–water partition coefficient (Wildman–Crippen LogP) is 3.07. The SMILES string of the molecule is COCOc1c(F)ccc(Cl)c1I. The van der Waals surface area contributed by atoms with Crippen molar-refractivity contribution in [2.75, 3.05) is 13.9 Å². The van der Waals surface area contributed by atoms with Crippen molar-refractivity contribution >= 4 is 34.2 Å². The Balaban J connectivity index is 2.96. The lowest BCUT2D eigenvalue weighted by atomic mass is 10.3. The lowest BCUT2D eigenvalue weighted by Crippen LogP contribution is -2.02. The van der Waals surface area contributed by atoms with Gasteiger partial charge < -0.3 is 9.47 Å². The summed E-state index contributed by atoms with van der Waals surface area (Å²) in [6.45, 7) is 0.00721. The van der Waals surface area contributed by atoms with Crippen molar-refractivity contribution in [3.8, 4) is 5.75 Å². The molecule has 0 spiro atoms. The van der Waals surface area contributed by atoms with Crippen molar-refractivity contribution in [3.63, 3.8) is 0 Å². The second kappa shape index (κ2) is 4.97. The third-order valence-electron chi connectivity index (χ3n) is 1.32. The molecule has 2 nitrogen and oxygen atoms in total. The second-order valence-corrected chi connectivity index (χ2v) is 3.71. The maximum absolute atomic E-state index is 13.1. The fourth-order valence-corrected chi connectivity index (χ4v) is 1.50. The molecule has 0 fully saturated rings. The molecule has 0 saturated heterocycles. The van der Waals surface area contributed by atoms with E-state index in [1.807, 2.05) is 22.6 Å². The number of hydrogen-bond acceptors (Lipinski definition) is 2. The molecule has 72 valence electrons. The van der Waals surface area contributed by atoms with Gasteiger partial charge in [-0.25, -0.2) is 4.39 Å². The van der Waals surface area contributed by atoms with Crippen molar-refractivity contribution in [3.05, 3.63) is 26.5 Å². The Morgan fingerprint density at radius 1 is 1.54 bits per heavy atom. The van der Waals surface area contributed by atoms with Gasteiger partial charge in [0, 0.05) is 7.11 Å². The molecule has 1 aromatic carbocycles. The monoisotopic (exact) mass is 316 g/mol. The van der Waals surface area contributed by atoms with Gasteiger partial charge in [0.05, 0.1) is 8.59 Å². The number of benzene rings is 1. The first-order valence-electron chi connectivity index (χ1n) is 3.42. The summed E-state index contributed by atoms with van der Waals surface area (Å²) in [6, 6.07) is 2.74. The average molecular weight is 316 g/mol. The third kappa shape index (κ3) is 2.69. The fraction of sp³-hybridized carbons (Fsp3) is 0.250. The smallest absolute Gasteiger partial charge is 0.188 e. The maximum atomic E-state index is 13.1. The molecule has 0 saturated carbocycles. The van der Waals surface area contributed by atoms with Gasteiger partial charge in [-0.3, -0.25) is 0 Å². The summed E-state index contributed by atoms with van der Waals surface area (Å²) in [7, 11) is 1.47. The molecule has 0 heterocycles. The van der Waals surface area contributed by atoms with Gasteiger partial charge in [-0.05, 0) is 34.7 Å². The fourth-order valence-electron chi connectivity index (χ4n) is 0.759. The zero-order valence-electron chi connectivity index (χ0n) is 6.81. The maximum Gasteiger partial charge on any atom is 0.188 e. The first-order chi connectivity index (χ1) is 6.16. The lowest BCUT2D eigenvalue weighted by Gasteiger charge is -2.08. The number of methoxy groups -OCH3 is 1. The topological polar surface area (TPSA) is 18.5 Å². The summed E-state index contributed by atoms with van der Waals surface area (Å²) >= 11 is 7.69. The normalized spacial score (nSPS) is 10.2. The summed E-state index contributed by atoms with van der Waals surface area (Å²) in [5.74, 6) is -0.305. The Kier molecular flexibility index (Phi) is 4.21. The Hall–Kier alpha value is -0.0700. The number of rotatable bonds is 3. The highest BCUT2D eigenvalue weighted by molar-refractivity contribution is 14.1. The van der Waals surface area contributed by atoms with Crippen molar-refractivity contribution in [1.82, 2.24) is 0 Å². The minimum absolute atomic E-state index is 0.00721. The zero-order valence-corrected chi connectivity index (χ0v) is 9.73. The van der Waals surface area contributed by atoms with Crippen molar-refractivity contribution in [2.24, 2.45) is 0 Å². The van der Waals surface area contributed by atoms with Crippen LogP contribution in [0.1, 0.15) is 0 Å². The lowest BCUT2D eigenvalue weighted by molar-refractivity contribution is 0.0476. The van der Waals surface area contributed by atoms with Crippen LogP contribution in [0.4, 0.5) is 4.39 Å². The van der Waals surface area contributed by atoms with Crippen LogP contribution in [-0.2, 0) is 4.74 Å². The van der Waals surface area contributed by atoms with E-state index in [0.29, 0.717) is 8.59 Å². The Morgan fingerprint density at radius 2 is 2.23 bits per heavy atom. The van der Waals surface area contributed by atoms with E-state index in [2.05, 4.69) is 4.74 Å². The number of ether oxygens (including phenoxy) is 2. The Bertz CT molecular complexity index is 306. The number of halogens is 3. The molecular weight excluding hydrogens is 309 g/mol. The van der Waals surface area contributed by atoms with Crippen molar-refractivity contribution in [1.29, 1.82) is 0 Å². The van der Waals surface area contributed by atoms with Crippen LogP contribution < -0.4 is 4.74 Å².